The monoisotopic (exact) mass is 484 g/mol. The maximum Gasteiger partial charge on any atom is 0.270 e. The average molecular weight is 485 g/mol. The summed E-state index contributed by atoms with van der Waals surface area (Å²) >= 11 is 2.80. The first kappa shape index (κ1) is 23.1. The van der Waals surface area contributed by atoms with Crippen LogP contribution in [0.25, 0.3) is 20.3 Å². The van der Waals surface area contributed by atoms with E-state index in [1.165, 1.54) is 34.8 Å². The zero-order chi connectivity index (χ0) is 23.5. The van der Waals surface area contributed by atoms with Crippen molar-refractivity contribution in [2.75, 3.05) is 38.2 Å². The summed E-state index contributed by atoms with van der Waals surface area (Å²) in [5.74, 6) is 0.559. The summed E-state index contributed by atoms with van der Waals surface area (Å²) < 4.78 is 7.11. The van der Waals surface area contributed by atoms with Crippen LogP contribution < -0.4 is 9.64 Å². The van der Waals surface area contributed by atoms with Crippen LogP contribution in [0.4, 0.5) is 10.8 Å². The van der Waals surface area contributed by atoms with E-state index in [-0.39, 0.29) is 11.6 Å². The molecule has 0 spiro atoms. The normalized spacial score (nSPS) is 11.4. The van der Waals surface area contributed by atoms with Crippen LogP contribution in [0, 0.1) is 10.1 Å². The number of benzene rings is 2. The van der Waals surface area contributed by atoms with Crippen LogP contribution in [-0.4, -0.2) is 54.0 Å². The highest BCUT2D eigenvalue weighted by atomic mass is 32.1. The molecule has 2 heterocycles. The molecule has 4 aromatic rings. The molecule has 33 heavy (non-hydrogen) atoms. The first-order chi connectivity index (χ1) is 15.9. The van der Waals surface area contributed by atoms with E-state index < -0.39 is 4.92 Å². The van der Waals surface area contributed by atoms with Crippen molar-refractivity contribution >= 4 is 59.7 Å². The van der Waals surface area contributed by atoms with Crippen molar-refractivity contribution < 1.29 is 14.5 Å². The van der Waals surface area contributed by atoms with E-state index in [9.17, 15) is 14.9 Å². The molecule has 1 amide bonds. The topological polar surface area (TPSA) is 88.8 Å². The lowest BCUT2D eigenvalue weighted by Crippen LogP contribution is -2.38. The van der Waals surface area contributed by atoms with Crippen LogP contribution in [0.2, 0.25) is 0 Å². The van der Waals surface area contributed by atoms with Crippen LogP contribution in [0.1, 0.15) is 23.5 Å². The van der Waals surface area contributed by atoms with Crippen molar-refractivity contribution in [3.8, 4) is 5.75 Å². The van der Waals surface area contributed by atoms with Crippen molar-refractivity contribution in [1.29, 1.82) is 0 Å². The number of rotatable bonds is 9. The summed E-state index contributed by atoms with van der Waals surface area (Å²) in [6, 6.07) is 12.1. The number of methoxy groups -OCH3 is 1. The van der Waals surface area contributed by atoms with Gasteiger partial charge in [0.1, 0.15) is 5.75 Å². The first-order valence-corrected chi connectivity index (χ1v) is 12.2. The van der Waals surface area contributed by atoms with Gasteiger partial charge in [0.2, 0.25) is 0 Å². The molecule has 2 aromatic carbocycles. The number of ether oxygens (including phenoxy) is 1. The van der Waals surface area contributed by atoms with Gasteiger partial charge in [-0.15, -0.1) is 11.3 Å². The predicted octanol–water partition coefficient (Wildman–Crippen LogP) is 5.42. The molecule has 4 rings (SSSR count). The number of amides is 1. The number of anilines is 1. The number of thiophene rings is 1. The number of likely N-dealkylation sites (N-methyl/N-ethyl adjacent to an activating group) is 1. The number of aromatic nitrogens is 1. The summed E-state index contributed by atoms with van der Waals surface area (Å²) in [6.07, 6.45) is 0. The van der Waals surface area contributed by atoms with Crippen LogP contribution in [0.5, 0.6) is 5.75 Å². The Balaban J connectivity index is 1.71. The number of nitro groups is 1. The minimum absolute atomic E-state index is 0.0119. The number of fused-ring (bicyclic) bond motifs is 2. The molecular formula is C23H24N4O4S2. The first-order valence-electron chi connectivity index (χ1n) is 10.6. The highest BCUT2D eigenvalue weighted by Crippen LogP contribution is 2.34. The van der Waals surface area contributed by atoms with Gasteiger partial charge in [0.15, 0.2) is 5.13 Å². The summed E-state index contributed by atoms with van der Waals surface area (Å²) in [4.78, 5) is 33.6. The summed E-state index contributed by atoms with van der Waals surface area (Å²) in [6.45, 7) is 7.18. The van der Waals surface area contributed by atoms with Crippen LogP contribution in [0.3, 0.4) is 0 Å². The highest BCUT2D eigenvalue weighted by Gasteiger charge is 2.24. The number of nitrogens with zero attached hydrogens (tertiary/aromatic N) is 4. The number of thiazole rings is 1. The minimum atomic E-state index is -0.426. The lowest BCUT2D eigenvalue weighted by Gasteiger charge is -2.24. The Hall–Kier alpha value is -3.08. The molecule has 2 aromatic heterocycles. The van der Waals surface area contributed by atoms with Gasteiger partial charge in [-0.05, 0) is 37.4 Å². The fourth-order valence-electron chi connectivity index (χ4n) is 3.59. The molecule has 172 valence electrons. The Morgan fingerprint density at radius 1 is 1.06 bits per heavy atom. The van der Waals surface area contributed by atoms with Gasteiger partial charge in [0.05, 0.1) is 27.1 Å². The molecule has 0 N–H and O–H groups in total. The molecule has 0 radical (unpaired) electrons. The molecule has 0 aliphatic rings. The summed E-state index contributed by atoms with van der Waals surface area (Å²) in [7, 11) is 1.61. The van der Waals surface area contributed by atoms with Crippen LogP contribution in [0.15, 0.2) is 42.5 Å². The van der Waals surface area contributed by atoms with Crippen molar-refractivity contribution in [1.82, 2.24) is 9.88 Å². The molecular weight excluding hydrogens is 460 g/mol. The summed E-state index contributed by atoms with van der Waals surface area (Å²) in [5, 5.41) is 12.4. The van der Waals surface area contributed by atoms with E-state index in [4.69, 9.17) is 9.72 Å². The van der Waals surface area contributed by atoms with E-state index in [1.807, 2.05) is 18.2 Å². The molecule has 8 nitrogen and oxygen atoms in total. The molecule has 0 saturated carbocycles. The van der Waals surface area contributed by atoms with Gasteiger partial charge in [-0.25, -0.2) is 4.98 Å². The van der Waals surface area contributed by atoms with Gasteiger partial charge in [-0.3, -0.25) is 19.8 Å². The molecule has 0 fully saturated rings. The molecule has 10 heteroatoms. The van der Waals surface area contributed by atoms with Gasteiger partial charge < -0.3 is 9.64 Å². The second kappa shape index (κ2) is 9.82. The molecule has 0 bridgehead atoms. The molecule has 0 saturated heterocycles. The largest absolute Gasteiger partial charge is 0.497 e. The second-order valence-corrected chi connectivity index (χ2v) is 9.50. The molecule has 0 aliphatic carbocycles. The lowest BCUT2D eigenvalue weighted by atomic mass is 10.2. The highest BCUT2D eigenvalue weighted by molar-refractivity contribution is 7.23. The van der Waals surface area contributed by atoms with Gasteiger partial charge in [0.25, 0.3) is 11.6 Å². The Morgan fingerprint density at radius 3 is 2.52 bits per heavy atom. The Bertz CT molecular complexity index is 1310. The zero-order valence-electron chi connectivity index (χ0n) is 18.6. The van der Waals surface area contributed by atoms with Gasteiger partial charge in [0, 0.05) is 41.4 Å². The van der Waals surface area contributed by atoms with Gasteiger partial charge >= 0.3 is 0 Å². The number of non-ortho nitro benzene ring substituents is 1. The Kier molecular flexibility index (Phi) is 6.87. The second-order valence-electron chi connectivity index (χ2n) is 7.40. The maximum atomic E-state index is 13.6. The van der Waals surface area contributed by atoms with Gasteiger partial charge in [-0.2, -0.15) is 0 Å². The number of carbonyl (C=O) groups excluding carboxylic acids is 1. The molecule has 0 aliphatic heterocycles. The van der Waals surface area contributed by atoms with Crippen molar-refractivity contribution in [2.24, 2.45) is 0 Å². The zero-order valence-corrected chi connectivity index (χ0v) is 20.2. The lowest BCUT2D eigenvalue weighted by molar-refractivity contribution is -0.384. The average Bonchev–Trinajstić information content (AvgIpc) is 3.44. The van der Waals surface area contributed by atoms with Crippen molar-refractivity contribution in [3.63, 3.8) is 0 Å². The van der Waals surface area contributed by atoms with Crippen molar-refractivity contribution in [2.45, 2.75) is 13.8 Å². The number of hydrogen-bond acceptors (Lipinski definition) is 8. The Labute approximate surface area is 199 Å². The fraction of sp³-hybridized carbons (Fsp3) is 0.304. The SMILES string of the molecule is CCN(CC)CCN(C(=O)c1cc2cc([N+](=O)[O-])ccc2s1)c1nc2cc(OC)ccc2s1. The third kappa shape index (κ3) is 4.82. The number of carbonyl (C=O) groups is 1. The number of hydrogen-bond donors (Lipinski definition) is 0. The minimum Gasteiger partial charge on any atom is -0.497 e. The smallest absolute Gasteiger partial charge is 0.270 e. The maximum absolute atomic E-state index is 13.6. The molecule has 0 atom stereocenters. The number of nitro benzene ring substituents is 1. The third-order valence-corrected chi connectivity index (χ3v) is 7.68. The van der Waals surface area contributed by atoms with E-state index in [2.05, 4.69) is 18.7 Å². The molecule has 0 unspecified atom stereocenters. The van der Waals surface area contributed by atoms with Gasteiger partial charge in [-0.1, -0.05) is 25.2 Å². The van der Waals surface area contributed by atoms with E-state index in [0.717, 1.165) is 28.0 Å². The quantitative estimate of drug-likeness (QED) is 0.233. The summed E-state index contributed by atoms with van der Waals surface area (Å²) in [5.41, 5.74) is 0.791. The van der Waals surface area contributed by atoms with E-state index >= 15 is 0 Å². The third-order valence-electron chi connectivity index (χ3n) is 5.52. The fourth-order valence-corrected chi connectivity index (χ4v) is 5.55. The van der Waals surface area contributed by atoms with E-state index in [1.54, 1.807) is 24.1 Å². The van der Waals surface area contributed by atoms with Crippen molar-refractivity contribution in [3.05, 3.63) is 57.5 Å². The van der Waals surface area contributed by atoms with E-state index in [0.29, 0.717) is 34.2 Å². The predicted molar refractivity (Wildman–Crippen MR) is 134 cm³/mol. The Morgan fingerprint density at radius 2 is 1.82 bits per heavy atom. The van der Waals surface area contributed by atoms with Crippen LogP contribution >= 0.6 is 22.7 Å². The van der Waals surface area contributed by atoms with Crippen LogP contribution in [-0.2, 0) is 0 Å². The standard InChI is InChI=1S/C23H24N4O4S2/c1-4-25(5-2)10-11-26(23-24-18-14-17(31-3)7-9-20(18)33-23)22(28)21-13-15-12-16(27(29)30)6-8-19(15)32-21/h6-9,12-14H,4-5,10-11H2,1-3H3.